The SMILES string of the molecule is CCCC/C=C\OS(=O)(=NS(=O)(=O)C(F)(F)C(F)(F)C(F)(F)C(F)(F)F)C(F)(F)C(F)(F)C(F)(F)C(F)(F)F. The van der Waals surface area contributed by atoms with E-state index in [1.54, 1.807) is 0 Å². The van der Waals surface area contributed by atoms with Gasteiger partial charge in [0.2, 0.25) is 0 Å². The standard InChI is InChI=1S/C14H11F18NO4S2/c1-2-3-4-5-6-37-39(36,14(31,32)10(21,22)8(17,18)12(26,27)28)33-38(34,35)13(29,30)9(19,20)7(15,16)11(23,24)25/h5-6H,2-4H2,1H3/b6-5-. The normalized spacial score (nSPS) is 17.3. The average Bonchev–Trinajstić information content (AvgIpc) is 2.70. The summed E-state index contributed by atoms with van der Waals surface area (Å²) < 4.78 is 274. The Morgan fingerprint density at radius 2 is 0.974 bits per heavy atom. The maximum absolute atomic E-state index is 14.2. The van der Waals surface area contributed by atoms with Gasteiger partial charge in [-0.25, -0.2) is 4.21 Å². The van der Waals surface area contributed by atoms with Crippen molar-refractivity contribution in [1.29, 1.82) is 0 Å². The summed E-state index contributed by atoms with van der Waals surface area (Å²) in [7, 11) is -16.9. The van der Waals surface area contributed by atoms with Gasteiger partial charge in [-0.3, -0.25) is 0 Å². The lowest BCUT2D eigenvalue weighted by Crippen LogP contribution is -2.64. The molecular weight excluding hydrogens is 652 g/mol. The largest absolute Gasteiger partial charge is 0.460 e. The van der Waals surface area contributed by atoms with Crippen molar-refractivity contribution in [3.05, 3.63) is 12.3 Å². The van der Waals surface area contributed by atoms with Crippen molar-refractivity contribution in [1.82, 2.24) is 0 Å². The van der Waals surface area contributed by atoms with Gasteiger partial charge in [-0.05, 0) is 18.9 Å². The maximum atomic E-state index is 14.2. The molecule has 5 nitrogen and oxygen atoms in total. The number of alkyl halides is 18. The van der Waals surface area contributed by atoms with Crippen LogP contribution in [0.3, 0.4) is 0 Å². The molecule has 0 aliphatic rings. The molecule has 0 aromatic heterocycles. The summed E-state index contributed by atoms with van der Waals surface area (Å²) in [5.74, 6) is -32.6. The molecule has 0 amide bonds. The van der Waals surface area contributed by atoms with E-state index in [1.165, 1.54) is 6.92 Å². The zero-order valence-electron chi connectivity index (χ0n) is 18.0. The van der Waals surface area contributed by atoms with Crippen molar-refractivity contribution in [2.75, 3.05) is 0 Å². The number of hydrogen-bond donors (Lipinski definition) is 0. The Labute approximate surface area is 205 Å². The quantitative estimate of drug-likeness (QED) is 0.125. The minimum Gasteiger partial charge on any atom is -0.399 e. The molecule has 0 saturated heterocycles. The zero-order valence-corrected chi connectivity index (χ0v) is 19.6. The summed E-state index contributed by atoms with van der Waals surface area (Å²) in [4.78, 5) is 0. The molecule has 0 N–H and O–H groups in total. The van der Waals surface area contributed by atoms with Crippen molar-refractivity contribution in [2.24, 2.45) is 3.77 Å². The second-order valence-corrected chi connectivity index (χ2v) is 10.7. The summed E-state index contributed by atoms with van der Waals surface area (Å²) in [6.07, 6.45) is -16.3. The van der Waals surface area contributed by atoms with Gasteiger partial charge in [0, 0.05) is 0 Å². The van der Waals surface area contributed by atoms with Crippen LogP contribution in [0.2, 0.25) is 0 Å². The Hall–Kier alpha value is -1.82. The summed E-state index contributed by atoms with van der Waals surface area (Å²) in [5.41, 5.74) is 0. The monoisotopic (exact) mass is 663 g/mol. The van der Waals surface area contributed by atoms with Crippen molar-refractivity contribution < 1.29 is 95.8 Å². The topological polar surface area (TPSA) is 72.8 Å². The van der Waals surface area contributed by atoms with E-state index in [1.807, 2.05) is 0 Å². The molecule has 39 heavy (non-hydrogen) atoms. The van der Waals surface area contributed by atoms with Crippen LogP contribution >= 0.6 is 0 Å². The second-order valence-electron chi connectivity index (χ2n) is 6.96. The number of hydrogen-bond acceptors (Lipinski definition) is 4. The third-order valence-corrected chi connectivity index (χ3v) is 7.83. The average molecular weight is 663 g/mol. The van der Waals surface area contributed by atoms with Gasteiger partial charge >= 0.3 is 56.6 Å². The van der Waals surface area contributed by atoms with Crippen LogP contribution in [0, 0.1) is 0 Å². The first-order valence-electron chi connectivity index (χ1n) is 9.03. The second kappa shape index (κ2) is 10.5. The predicted octanol–water partition coefficient (Wildman–Crippen LogP) is 7.27. The smallest absolute Gasteiger partial charge is 0.399 e. The van der Waals surface area contributed by atoms with Gasteiger partial charge in [0.1, 0.15) is 6.26 Å². The third kappa shape index (κ3) is 5.96. The predicted molar refractivity (Wildman–Crippen MR) is 91.0 cm³/mol. The lowest BCUT2D eigenvalue weighted by Gasteiger charge is -2.34. The minimum absolute atomic E-state index is 0.0496. The van der Waals surface area contributed by atoms with Crippen LogP contribution in [-0.2, 0) is 24.2 Å². The minimum atomic E-state index is -8.70. The molecule has 234 valence electrons. The number of allylic oxidation sites excluding steroid dienone is 1. The van der Waals surface area contributed by atoms with Gasteiger partial charge in [0.15, 0.2) is 0 Å². The molecule has 0 rings (SSSR count). The fraction of sp³-hybridized carbons (Fsp3) is 0.857. The number of nitrogens with zero attached hydrogens (tertiary/aromatic N) is 1. The number of rotatable bonds is 12. The molecule has 1 atom stereocenters. The summed E-state index contributed by atoms with van der Waals surface area (Å²) >= 11 is 0. The Morgan fingerprint density at radius 1 is 0.615 bits per heavy atom. The highest BCUT2D eigenvalue weighted by Crippen LogP contribution is 2.58. The van der Waals surface area contributed by atoms with Gasteiger partial charge in [-0.2, -0.15) is 87.4 Å². The van der Waals surface area contributed by atoms with Crippen LogP contribution in [-0.4, -0.2) is 59.2 Å². The van der Waals surface area contributed by atoms with E-state index < -0.39 is 79.3 Å². The first-order chi connectivity index (χ1) is 16.8. The Bertz CT molecular complexity index is 1130. The Balaban J connectivity index is 7.56. The molecule has 0 aliphatic carbocycles. The Kier molecular flexibility index (Phi) is 10.0. The van der Waals surface area contributed by atoms with E-state index in [9.17, 15) is 91.7 Å². The molecule has 0 aromatic rings. The lowest BCUT2D eigenvalue weighted by molar-refractivity contribution is -0.382. The van der Waals surface area contributed by atoms with Crippen LogP contribution in [0.15, 0.2) is 16.1 Å². The number of halogens is 18. The van der Waals surface area contributed by atoms with Crippen LogP contribution in [0.1, 0.15) is 26.2 Å². The van der Waals surface area contributed by atoms with Gasteiger partial charge in [-0.15, -0.1) is 0 Å². The van der Waals surface area contributed by atoms with Crippen molar-refractivity contribution in [3.63, 3.8) is 0 Å². The molecule has 0 radical (unpaired) electrons. The van der Waals surface area contributed by atoms with Crippen LogP contribution in [0.4, 0.5) is 79.0 Å². The molecule has 0 aromatic carbocycles. The van der Waals surface area contributed by atoms with Crippen molar-refractivity contribution in [2.45, 2.75) is 72.7 Å². The summed E-state index contributed by atoms with van der Waals surface area (Å²) in [6.45, 7) is 1.40. The molecule has 0 saturated carbocycles. The molecular formula is C14H11F18NO4S2. The van der Waals surface area contributed by atoms with Crippen LogP contribution in [0.25, 0.3) is 0 Å². The van der Waals surface area contributed by atoms with Crippen LogP contribution < -0.4 is 0 Å². The molecule has 0 heterocycles. The highest BCUT2D eigenvalue weighted by Gasteiger charge is 2.88. The van der Waals surface area contributed by atoms with E-state index in [0.29, 0.717) is 3.77 Å². The Morgan fingerprint density at radius 3 is 1.31 bits per heavy atom. The highest BCUT2D eigenvalue weighted by molar-refractivity contribution is 8.02. The first-order valence-corrected chi connectivity index (χ1v) is 11.9. The van der Waals surface area contributed by atoms with E-state index in [0.717, 1.165) is 0 Å². The molecule has 0 spiro atoms. The molecule has 0 bridgehead atoms. The first kappa shape index (κ1) is 37.2. The van der Waals surface area contributed by atoms with E-state index in [-0.39, 0.29) is 18.9 Å². The van der Waals surface area contributed by atoms with Gasteiger partial charge in [0.05, 0.1) is 0 Å². The van der Waals surface area contributed by atoms with Gasteiger partial charge in [0.25, 0.3) is 10.0 Å². The molecule has 0 fully saturated rings. The fourth-order valence-corrected chi connectivity index (χ4v) is 5.03. The molecule has 0 aliphatic heterocycles. The maximum Gasteiger partial charge on any atom is 0.460 e. The van der Waals surface area contributed by atoms with E-state index in [2.05, 4.69) is 4.18 Å². The fourth-order valence-electron chi connectivity index (χ4n) is 1.85. The van der Waals surface area contributed by atoms with Gasteiger partial charge in [-0.1, -0.05) is 17.1 Å². The summed E-state index contributed by atoms with van der Waals surface area (Å²) in [6, 6.07) is 0. The van der Waals surface area contributed by atoms with E-state index in [4.69, 9.17) is 0 Å². The van der Waals surface area contributed by atoms with E-state index >= 15 is 0 Å². The number of sulfonamides is 1. The van der Waals surface area contributed by atoms with Crippen molar-refractivity contribution >= 4 is 20.0 Å². The van der Waals surface area contributed by atoms with Gasteiger partial charge < -0.3 is 4.18 Å². The molecule has 25 heteroatoms. The zero-order chi connectivity index (χ0) is 31.9. The number of unbranched alkanes of at least 4 members (excludes halogenated alkanes) is 2. The third-order valence-electron chi connectivity index (χ3n) is 4.08. The highest BCUT2D eigenvalue weighted by atomic mass is 32.3. The van der Waals surface area contributed by atoms with Crippen molar-refractivity contribution in [3.8, 4) is 0 Å². The lowest BCUT2D eigenvalue weighted by atomic mass is 10.1. The molecule has 1 unspecified atom stereocenters. The summed E-state index contributed by atoms with van der Waals surface area (Å²) in [5, 5.41) is -16.1. The van der Waals surface area contributed by atoms with Crippen LogP contribution in [0.5, 0.6) is 0 Å².